The van der Waals surface area contributed by atoms with Gasteiger partial charge in [0.25, 0.3) is 0 Å². The van der Waals surface area contributed by atoms with Crippen LogP contribution in [0.3, 0.4) is 0 Å². The number of likely N-dealkylation sites (N-methyl/N-ethyl adjacent to an activating group) is 1. The van der Waals surface area contributed by atoms with Crippen molar-refractivity contribution in [3.8, 4) is 5.75 Å². The molecule has 0 radical (unpaired) electrons. The van der Waals surface area contributed by atoms with Crippen LogP contribution in [0.25, 0.3) is 11.0 Å². The van der Waals surface area contributed by atoms with Crippen LogP contribution in [0, 0.1) is 0 Å². The number of hydrogen-bond acceptors (Lipinski definition) is 11. The van der Waals surface area contributed by atoms with Gasteiger partial charge in [0, 0.05) is 62.9 Å². The van der Waals surface area contributed by atoms with Crippen molar-refractivity contribution in [1.82, 2.24) is 30.2 Å². The van der Waals surface area contributed by atoms with E-state index < -0.39 is 18.9 Å². The highest BCUT2D eigenvalue weighted by Crippen LogP contribution is 2.44. The summed E-state index contributed by atoms with van der Waals surface area (Å²) in [5.41, 5.74) is 1.00. The predicted molar refractivity (Wildman–Crippen MR) is 183 cm³/mol. The number of alkyl halides is 3. The Hall–Kier alpha value is -3.52. The van der Waals surface area contributed by atoms with Gasteiger partial charge in [-0.25, -0.2) is 4.98 Å². The lowest BCUT2D eigenvalue weighted by Gasteiger charge is -2.47. The maximum atomic E-state index is 14.5. The predicted octanol–water partition coefficient (Wildman–Crippen LogP) is 5.82. The average Bonchev–Trinajstić information content (AvgIpc) is 3.01. The minimum absolute atomic E-state index is 0.0309. The number of ether oxygens (including phenoxy) is 1. The number of hydrogen-bond donors (Lipinski definition) is 3. The Morgan fingerprint density at radius 2 is 1.74 bits per heavy atom. The third kappa shape index (κ3) is 7.03. The van der Waals surface area contributed by atoms with Gasteiger partial charge < -0.3 is 30.2 Å². The molecule has 2 fully saturated rings. The number of halogens is 4. The van der Waals surface area contributed by atoms with Crippen LogP contribution in [0.5, 0.6) is 5.75 Å². The van der Waals surface area contributed by atoms with E-state index in [9.17, 15) is 17.7 Å². The zero-order valence-corrected chi connectivity index (χ0v) is 28.9. The monoisotopic (exact) mass is 733 g/mol. The van der Waals surface area contributed by atoms with E-state index in [2.05, 4.69) is 56.7 Å². The van der Waals surface area contributed by atoms with Crippen molar-refractivity contribution in [2.75, 3.05) is 69.2 Å². The molecule has 0 aliphatic carbocycles. The lowest BCUT2D eigenvalue weighted by Crippen LogP contribution is -2.61. The fraction of sp³-hybridized carbons (Fsp3) is 0.419. The Bertz CT molecular complexity index is 1830. The van der Waals surface area contributed by atoms with Crippen molar-refractivity contribution >= 4 is 68.2 Å². The quantitative estimate of drug-likeness (QED) is 0.181. The molecular formula is C31H36BrF3N9O2P. The smallest absolute Gasteiger partial charge is 0.418 e. The van der Waals surface area contributed by atoms with Gasteiger partial charge in [0.1, 0.15) is 24.2 Å². The molecule has 0 atom stereocenters. The van der Waals surface area contributed by atoms with Gasteiger partial charge in [-0.15, -0.1) is 0 Å². The Labute approximate surface area is 279 Å². The van der Waals surface area contributed by atoms with Gasteiger partial charge in [-0.3, -0.25) is 14.9 Å². The fourth-order valence-electron chi connectivity index (χ4n) is 6.22. The molecule has 2 aromatic carbocycles. The zero-order chi connectivity index (χ0) is 33.5. The summed E-state index contributed by atoms with van der Waals surface area (Å²) in [7, 11) is 0.512. The maximum Gasteiger partial charge on any atom is 0.418 e. The summed E-state index contributed by atoms with van der Waals surface area (Å²) in [5, 5.41) is 9.90. The Morgan fingerprint density at radius 3 is 2.40 bits per heavy atom. The Kier molecular flexibility index (Phi) is 9.36. The normalized spacial score (nSPS) is 16.7. The summed E-state index contributed by atoms with van der Waals surface area (Å²) in [5.74, 6) is 0.561. The van der Waals surface area contributed by atoms with Crippen LogP contribution in [-0.4, -0.2) is 90.6 Å². The number of benzene rings is 2. The van der Waals surface area contributed by atoms with Crippen LogP contribution in [0.4, 0.5) is 42.0 Å². The first-order chi connectivity index (χ1) is 22.4. The molecule has 2 aliphatic heterocycles. The van der Waals surface area contributed by atoms with Crippen molar-refractivity contribution in [1.29, 1.82) is 0 Å². The van der Waals surface area contributed by atoms with Gasteiger partial charge >= 0.3 is 6.18 Å². The minimum Gasteiger partial charge on any atom is -0.494 e. The van der Waals surface area contributed by atoms with Gasteiger partial charge in [0.15, 0.2) is 0 Å². The largest absolute Gasteiger partial charge is 0.494 e. The fourth-order valence-corrected chi connectivity index (χ4v) is 7.90. The zero-order valence-electron chi connectivity index (χ0n) is 26.4. The number of aromatic nitrogens is 4. The molecule has 0 unspecified atom stereocenters. The number of nitrogens with zero attached hydrogens (tertiary/aromatic N) is 6. The highest BCUT2D eigenvalue weighted by molar-refractivity contribution is 9.10. The Morgan fingerprint density at radius 1 is 1.02 bits per heavy atom. The molecule has 0 bridgehead atoms. The minimum atomic E-state index is -4.61. The summed E-state index contributed by atoms with van der Waals surface area (Å²) in [6, 6.07) is 6.84. The summed E-state index contributed by atoms with van der Waals surface area (Å²) < 4.78 is 63.0. The van der Waals surface area contributed by atoms with Gasteiger partial charge in [-0.05, 0) is 67.3 Å². The van der Waals surface area contributed by atoms with E-state index in [1.54, 1.807) is 36.6 Å². The summed E-state index contributed by atoms with van der Waals surface area (Å²) in [6.07, 6.45) is 1.54. The van der Waals surface area contributed by atoms with Crippen molar-refractivity contribution in [3.05, 3.63) is 52.9 Å². The molecule has 11 nitrogen and oxygen atoms in total. The van der Waals surface area contributed by atoms with E-state index in [-0.39, 0.29) is 23.1 Å². The van der Waals surface area contributed by atoms with E-state index >= 15 is 0 Å². The Balaban J connectivity index is 1.27. The topological polar surface area (TPSA) is 120 Å². The summed E-state index contributed by atoms with van der Waals surface area (Å²) >= 11 is 3.45. The van der Waals surface area contributed by atoms with E-state index in [4.69, 9.17) is 4.74 Å². The average molecular weight is 735 g/mol. The standard InChI is InChI=1S/C31H36BrF3N9O2P/c1-36-18-16-44(17-18)19-7-11-43(12-8-19)25-14-26(46-2)24(13-20(25)31(33,34)35)41-30-39-15-21(32)29(42-30)40-23-6-5-22-27(38-10-9-37-22)28(23)47(3,4)45/h5-6,9-10,13-15,18-19,36H,7-8,11-12,16-17H2,1-4H3,(H2,39,40,41,42). The van der Waals surface area contributed by atoms with Crippen LogP contribution in [0.1, 0.15) is 18.4 Å². The van der Waals surface area contributed by atoms with Gasteiger partial charge in [0.2, 0.25) is 5.95 Å². The molecule has 3 N–H and O–H groups in total. The lowest BCUT2D eigenvalue weighted by molar-refractivity contribution is -0.137. The van der Waals surface area contributed by atoms with Crippen molar-refractivity contribution < 1.29 is 22.5 Å². The molecule has 0 saturated carbocycles. The molecule has 4 heterocycles. The molecular weight excluding hydrogens is 698 g/mol. The number of fused-ring (bicyclic) bond motifs is 1. The summed E-state index contributed by atoms with van der Waals surface area (Å²) in [4.78, 5) is 21.7. The second kappa shape index (κ2) is 13.2. The summed E-state index contributed by atoms with van der Waals surface area (Å²) in [6.45, 7) is 6.25. The number of nitrogens with one attached hydrogen (secondary N) is 3. The van der Waals surface area contributed by atoms with Crippen molar-refractivity contribution in [3.63, 3.8) is 0 Å². The molecule has 250 valence electrons. The van der Waals surface area contributed by atoms with Crippen molar-refractivity contribution in [2.24, 2.45) is 0 Å². The molecule has 2 saturated heterocycles. The highest BCUT2D eigenvalue weighted by Gasteiger charge is 2.39. The highest BCUT2D eigenvalue weighted by atomic mass is 79.9. The van der Waals surface area contributed by atoms with Gasteiger partial charge in [-0.2, -0.15) is 18.2 Å². The second-order valence-electron chi connectivity index (χ2n) is 12.1. The number of methoxy groups -OCH3 is 1. The number of piperidine rings is 1. The second-order valence-corrected chi connectivity index (χ2v) is 16.1. The van der Waals surface area contributed by atoms with E-state index in [0.717, 1.165) is 32.0 Å². The van der Waals surface area contributed by atoms with Crippen LogP contribution < -0.4 is 30.9 Å². The van der Waals surface area contributed by atoms with Gasteiger partial charge in [-0.1, -0.05) is 0 Å². The van der Waals surface area contributed by atoms with E-state index in [1.807, 2.05) is 7.05 Å². The lowest BCUT2D eigenvalue weighted by atomic mass is 9.96. The molecule has 4 aromatic rings. The number of likely N-dealkylation sites (tertiary alicyclic amines) is 1. The molecule has 0 spiro atoms. The van der Waals surface area contributed by atoms with Crippen LogP contribution >= 0.6 is 23.1 Å². The van der Waals surface area contributed by atoms with Crippen LogP contribution in [0.2, 0.25) is 0 Å². The first-order valence-electron chi connectivity index (χ1n) is 15.2. The van der Waals surface area contributed by atoms with E-state index in [0.29, 0.717) is 57.5 Å². The van der Waals surface area contributed by atoms with Gasteiger partial charge in [0.05, 0.1) is 45.0 Å². The maximum absolute atomic E-state index is 14.5. The third-order valence-corrected chi connectivity index (χ3v) is 10.8. The van der Waals surface area contributed by atoms with Crippen molar-refractivity contribution in [2.45, 2.75) is 31.1 Å². The third-order valence-electron chi connectivity index (χ3n) is 8.66. The molecule has 47 heavy (non-hydrogen) atoms. The van der Waals surface area contributed by atoms with Crippen LogP contribution in [0.15, 0.2) is 47.3 Å². The van der Waals surface area contributed by atoms with Crippen LogP contribution in [-0.2, 0) is 10.7 Å². The number of anilines is 5. The SMILES string of the molecule is CNC1CN(C2CCN(c3cc(OC)c(Nc4ncc(Br)c(Nc5ccc6nccnc6c5P(C)(C)=O)n4)cc3C(F)(F)F)CC2)C1. The van der Waals surface area contributed by atoms with E-state index in [1.165, 1.54) is 25.6 Å². The first kappa shape index (κ1) is 33.4. The molecule has 0 amide bonds. The number of rotatable bonds is 9. The molecule has 2 aromatic heterocycles. The first-order valence-corrected chi connectivity index (χ1v) is 18.6. The molecule has 6 rings (SSSR count). The molecule has 2 aliphatic rings. The molecule has 16 heteroatoms.